The zero-order valence-corrected chi connectivity index (χ0v) is 8.66. The second-order valence-electron chi connectivity index (χ2n) is 3.69. The van der Waals surface area contributed by atoms with Gasteiger partial charge >= 0.3 is 0 Å². The van der Waals surface area contributed by atoms with E-state index in [4.69, 9.17) is 0 Å². The van der Waals surface area contributed by atoms with Gasteiger partial charge < -0.3 is 9.47 Å². The molecule has 0 fully saturated rings. The van der Waals surface area contributed by atoms with Crippen LogP contribution in [0, 0.1) is 0 Å². The van der Waals surface area contributed by atoms with E-state index < -0.39 is 0 Å². The summed E-state index contributed by atoms with van der Waals surface area (Å²) in [7, 11) is 1.84. The second kappa shape index (κ2) is 3.44. The lowest BCUT2D eigenvalue weighted by atomic mass is 10.3. The SMILES string of the molecule is CCc1cn2c(n1)CC(=O)N(C)CC2. The summed E-state index contributed by atoms with van der Waals surface area (Å²) < 4.78 is 2.10. The highest BCUT2D eigenvalue weighted by molar-refractivity contribution is 5.78. The minimum atomic E-state index is 0.164. The van der Waals surface area contributed by atoms with E-state index in [9.17, 15) is 4.79 Å². The molecule has 4 heteroatoms. The van der Waals surface area contributed by atoms with E-state index in [-0.39, 0.29) is 5.91 Å². The van der Waals surface area contributed by atoms with Gasteiger partial charge in [0.25, 0.3) is 0 Å². The third-order valence-electron chi connectivity index (χ3n) is 2.68. The van der Waals surface area contributed by atoms with Gasteiger partial charge in [0.05, 0.1) is 12.1 Å². The maximum Gasteiger partial charge on any atom is 0.229 e. The van der Waals surface area contributed by atoms with Crippen molar-refractivity contribution in [2.24, 2.45) is 0 Å². The van der Waals surface area contributed by atoms with Crippen LogP contribution in [0.2, 0.25) is 0 Å². The van der Waals surface area contributed by atoms with Crippen molar-refractivity contribution in [3.63, 3.8) is 0 Å². The zero-order chi connectivity index (χ0) is 10.1. The van der Waals surface area contributed by atoms with Crippen molar-refractivity contribution in [3.8, 4) is 0 Å². The molecule has 14 heavy (non-hydrogen) atoms. The van der Waals surface area contributed by atoms with Gasteiger partial charge in [-0.3, -0.25) is 4.79 Å². The third-order valence-corrected chi connectivity index (χ3v) is 2.68. The number of fused-ring (bicyclic) bond motifs is 1. The highest BCUT2D eigenvalue weighted by atomic mass is 16.2. The molecule has 0 radical (unpaired) electrons. The lowest BCUT2D eigenvalue weighted by Crippen LogP contribution is -2.28. The predicted molar refractivity (Wildman–Crippen MR) is 52.9 cm³/mol. The van der Waals surface area contributed by atoms with E-state index >= 15 is 0 Å². The van der Waals surface area contributed by atoms with Crippen LogP contribution in [0.5, 0.6) is 0 Å². The lowest BCUT2D eigenvalue weighted by Gasteiger charge is -2.12. The van der Waals surface area contributed by atoms with Crippen molar-refractivity contribution in [1.82, 2.24) is 14.5 Å². The van der Waals surface area contributed by atoms with Gasteiger partial charge in [-0.05, 0) is 6.42 Å². The van der Waals surface area contributed by atoms with Gasteiger partial charge in [0.1, 0.15) is 5.82 Å². The maximum atomic E-state index is 11.5. The van der Waals surface area contributed by atoms with Crippen LogP contribution >= 0.6 is 0 Å². The van der Waals surface area contributed by atoms with Crippen LogP contribution in [0.1, 0.15) is 18.4 Å². The fourth-order valence-corrected chi connectivity index (χ4v) is 1.67. The molecule has 1 aliphatic rings. The van der Waals surface area contributed by atoms with Gasteiger partial charge in [0.15, 0.2) is 0 Å². The molecule has 4 nitrogen and oxygen atoms in total. The van der Waals surface area contributed by atoms with Gasteiger partial charge in [-0.15, -0.1) is 0 Å². The molecular weight excluding hydrogens is 178 g/mol. The monoisotopic (exact) mass is 193 g/mol. The first kappa shape index (κ1) is 9.24. The average molecular weight is 193 g/mol. The molecule has 1 aromatic heterocycles. The summed E-state index contributed by atoms with van der Waals surface area (Å²) in [5, 5.41) is 0. The Bertz CT molecular complexity index is 356. The van der Waals surface area contributed by atoms with Crippen LogP contribution in [0.3, 0.4) is 0 Å². The van der Waals surface area contributed by atoms with Gasteiger partial charge in [-0.1, -0.05) is 6.92 Å². The van der Waals surface area contributed by atoms with Gasteiger partial charge in [-0.2, -0.15) is 0 Å². The number of likely N-dealkylation sites (N-methyl/N-ethyl adjacent to an activating group) is 1. The van der Waals surface area contributed by atoms with Crippen molar-refractivity contribution in [2.75, 3.05) is 13.6 Å². The standard InChI is InChI=1S/C10H15N3O/c1-3-8-7-13-5-4-12(2)10(14)6-9(13)11-8/h7H,3-6H2,1-2H3. The quantitative estimate of drug-likeness (QED) is 0.650. The molecule has 0 aromatic carbocycles. The Morgan fingerprint density at radius 3 is 3.00 bits per heavy atom. The maximum absolute atomic E-state index is 11.5. The Balaban J connectivity index is 2.29. The molecule has 76 valence electrons. The zero-order valence-electron chi connectivity index (χ0n) is 8.66. The van der Waals surface area contributed by atoms with Crippen LogP contribution in [0.25, 0.3) is 0 Å². The predicted octanol–water partition coefficient (Wildman–Crippen LogP) is 0.460. The molecule has 0 aliphatic carbocycles. The van der Waals surface area contributed by atoms with Crippen LogP contribution < -0.4 is 0 Å². The van der Waals surface area contributed by atoms with Crippen molar-refractivity contribution in [3.05, 3.63) is 17.7 Å². The topological polar surface area (TPSA) is 38.1 Å². The van der Waals surface area contributed by atoms with Crippen LogP contribution in [-0.4, -0.2) is 34.0 Å². The van der Waals surface area contributed by atoms with Crippen LogP contribution in [0.4, 0.5) is 0 Å². The summed E-state index contributed by atoms with van der Waals surface area (Å²) >= 11 is 0. The third kappa shape index (κ3) is 1.52. The highest BCUT2D eigenvalue weighted by Gasteiger charge is 2.18. The molecule has 0 unspecified atom stereocenters. The number of nitrogens with zero attached hydrogens (tertiary/aromatic N) is 3. The number of imidazole rings is 1. The molecule has 1 aromatic rings. The number of hydrogen-bond donors (Lipinski definition) is 0. The summed E-state index contributed by atoms with van der Waals surface area (Å²) in [5.41, 5.74) is 1.08. The molecular formula is C10H15N3O. The Kier molecular flexibility index (Phi) is 2.27. The Morgan fingerprint density at radius 1 is 1.50 bits per heavy atom. The Hall–Kier alpha value is -1.32. The largest absolute Gasteiger partial charge is 0.344 e. The smallest absolute Gasteiger partial charge is 0.229 e. The summed E-state index contributed by atoms with van der Waals surface area (Å²) in [6, 6.07) is 0. The lowest BCUT2D eigenvalue weighted by molar-refractivity contribution is -0.128. The number of rotatable bonds is 1. The number of hydrogen-bond acceptors (Lipinski definition) is 2. The second-order valence-corrected chi connectivity index (χ2v) is 3.69. The van der Waals surface area contributed by atoms with Gasteiger partial charge in [0, 0.05) is 26.3 Å². The molecule has 1 amide bonds. The first-order valence-electron chi connectivity index (χ1n) is 4.99. The summed E-state index contributed by atoms with van der Waals surface area (Å²) in [4.78, 5) is 17.7. The van der Waals surface area contributed by atoms with Crippen molar-refractivity contribution in [1.29, 1.82) is 0 Å². The van der Waals surface area contributed by atoms with Crippen LogP contribution in [0.15, 0.2) is 6.20 Å². The fourth-order valence-electron chi connectivity index (χ4n) is 1.67. The summed E-state index contributed by atoms with van der Waals surface area (Å²) in [6.45, 7) is 3.73. The Morgan fingerprint density at radius 2 is 2.29 bits per heavy atom. The van der Waals surface area contributed by atoms with Gasteiger partial charge in [0.2, 0.25) is 5.91 Å². The summed E-state index contributed by atoms with van der Waals surface area (Å²) in [5.74, 6) is 1.08. The van der Waals surface area contributed by atoms with E-state index in [1.165, 1.54) is 0 Å². The molecule has 0 atom stereocenters. The molecule has 0 spiro atoms. The molecule has 0 saturated heterocycles. The first-order valence-corrected chi connectivity index (χ1v) is 4.99. The van der Waals surface area contributed by atoms with E-state index in [2.05, 4.69) is 22.7 Å². The number of carbonyl (C=O) groups is 1. The van der Waals surface area contributed by atoms with E-state index in [1.54, 1.807) is 4.90 Å². The normalized spacial score (nSPS) is 16.7. The molecule has 0 bridgehead atoms. The number of aromatic nitrogens is 2. The molecule has 1 aliphatic heterocycles. The highest BCUT2D eigenvalue weighted by Crippen LogP contribution is 2.10. The van der Waals surface area contributed by atoms with E-state index in [0.29, 0.717) is 6.42 Å². The van der Waals surface area contributed by atoms with Gasteiger partial charge in [-0.25, -0.2) is 4.98 Å². The Labute approximate surface area is 83.5 Å². The minimum Gasteiger partial charge on any atom is -0.344 e. The fraction of sp³-hybridized carbons (Fsp3) is 0.600. The molecule has 2 heterocycles. The number of amides is 1. The molecule has 0 saturated carbocycles. The number of carbonyl (C=O) groups excluding carboxylic acids is 1. The van der Waals surface area contributed by atoms with Crippen LogP contribution in [-0.2, 0) is 24.2 Å². The van der Waals surface area contributed by atoms with Crippen molar-refractivity contribution in [2.45, 2.75) is 26.3 Å². The van der Waals surface area contributed by atoms with Crippen molar-refractivity contribution < 1.29 is 4.79 Å². The van der Waals surface area contributed by atoms with E-state index in [1.807, 2.05) is 7.05 Å². The summed E-state index contributed by atoms with van der Waals surface area (Å²) in [6.07, 6.45) is 3.43. The van der Waals surface area contributed by atoms with Crippen molar-refractivity contribution >= 4 is 5.91 Å². The molecule has 2 rings (SSSR count). The van der Waals surface area contributed by atoms with E-state index in [0.717, 1.165) is 31.0 Å². The minimum absolute atomic E-state index is 0.164. The number of aryl methyl sites for hydroxylation is 1. The average Bonchev–Trinajstić information content (AvgIpc) is 2.51. The molecule has 0 N–H and O–H groups in total. The first-order chi connectivity index (χ1) is 6.70.